The lowest BCUT2D eigenvalue weighted by Crippen LogP contribution is -2.12. The maximum atomic E-state index is 6.15. The smallest absolute Gasteiger partial charge is 0.127 e. The number of benzene rings is 10. The van der Waals surface area contributed by atoms with E-state index in [1.54, 1.807) is 0 Å². The second-order valence-electron chi connectivity index (χ2n) is 20.0. The van der Waals surface area contributed by atoms with Gasteiger partial charge in [-0.3, -0.25) is 0 Å². The molecule has 4 nitrogen and oxygen atoms in total. The molecule has 0 saturated heterocycles. The summed E-state index contributed by atoms with van der Waals surface area (Å²) in [5.74, 6) is 3.26. The summed E-state index contributed by atoms with van der Waals surface area (Å²) < 4.78 is 12.3. The lowest BCUT2D eigenvalue weighted by Gasteiger charge is -2.26. The van der Waals surface area contributed by atoms with Crippen LogP contribution in [0.2, 0.25) is 0 Å². The zero-order valence-electron chi connectivity index (χ0n) is 43.7. The highest BCUT2D eigenvalue weighted by Crippen LogP contribution is 2.38. The van der Waals surface area contributed by atoms with Crippen molar-refractivity contribution >= 4 is 58.2 Å². The number of allylic oxidation sites excluding steroid dienone is 2. The van der Waals surface area contributed by atoms with Gasteiger partial charge < -0.3 is 19.3 Å². The average Bonchev–Trinajstić information content (AvgIpc) is 3.53. The Kier molecular flexibility index (Phi) is 14.8. The van der Waals surface area contributed by atoms with E-state index in [0.717, 1.165) is 107 Å². The van der Waals surface area contributed by atoms with E-state index < -0.39 is 0 Å². The third-order valence-corrected chi connectivity index (χ3v) is 14.7. The Bertz CT molecular complexity index is 3480. The molecule has 0 unspecified atom stereocenters. The Balaban J connectivity index is 0.705. The first-order chi connectivity index (χ1) is 38.6. The molecule has 2 aliphatic carbocycles. The Morgan fingerprint density at radius 1 is 0.269 bits per heavy atom. The van der Waals surface area contributed by atoms with Crippen molar-refractivity contribution in [1.29, 1.82) is 0 Å². The Morgan fingerprint density at radius 3 is 0.923 bits per heavy atom. The van der Waals surface area contributed by atoms with Gasteiger partial charge in [0.2, 0.25) is 0 Å². The Hall–Kier alpha value is -9.64. The maximum absolute atomic E-state index is 6.15. The Labute approximate surface area is 459 Å². The van der Waals surface area contributed by atoms with Gasteiger partial charge in [0.1, 0.15) is 23.0 Å². The summed E-state index contributed by atoms with van der Waals surface area (Å²) in [6.45, 7) is 0. The molecule has 0 spiro atoms. The zero-order valence-corrected chi connectivity index (χ0v) is 43.7. The van der Waals surface area contributed by atoms with Crippen LogP contribution < -0.4 is 19.3 Å². The first-order valence-electron chi connectivity index (χ1n) is 27.2. The van der Waals surface area contributed by atoms with Crippen LogP contribution in [-0.4, -0.2) is 0 Å². The second kappa shape index (κ2) is 23.5. The molecule has 2 aliphatic rings. The summed E-state index contributed by atoms with van der Waals surface area (Å²) >= 11 is 0. The van der Waals surface area contributed by atoms with Crippen molar-refractivity contribution in [3.8, 4) is 34.1 Å². The minimum Gasteiger partial charge on any atom is -0.457 e. The fourth-order valence-corrected chi connectivity index (χ4v) is 10.5. The lowest BCUT2D eigenvalue weighted by atomic mass is 9.88. The molecule has 0 heterocycles. The summed E-state index contributed by atoms with van der Waals surface area (Å²) in [7, 11) is 0. The minimum absolute atomic E-state index is 0.808. The molecule has 0 aliphatic heterocycles. The predicted molar refractivity (Wildman–Crippen MR) is 328 cm³/mol. The largest absolute Gasteiger partial charge is 0.457 e. The number of aryl methyl sites for hydroxylation is 2. The zero-order chi connectivity index (χ0) is 52.3. The number of rotatable bonds is 15. The SMILES string of the molecule is C(=Cc1ccc(N(C=C2CCCc3ccccc32)c2ccc(Oc3ccccc3)cc2)cc1)c1ccc(-c2ccc(C=Cc3ccc(N(C=C4CCCc5ccccc54)c4ccc(Oc5ccccc5)cc4)cc3)cc2)cc1. The average molecular weight is 1010 g/mol. The van der Waals surface area contributed by atoms with Crippen molar-refractivity contribution in [3.63, 3.8) is 0 Å². The fourth-order valence-electron chi connectivity index (χ4n) is 10.5. The van der Waals surface area contributed by atoms with Crippen LogP contribution in [0.1, 0.15) is 70.2 Å². The van der Waals surface area contributed by atoms with Crippen molar-refractivity contribution in [2.24, 2.45) is 0 Å². The molecule has 78 heavy (non-hydrogen) atoms. The number of fused-ring (bicyclic) bond motifs is 2. The normalized spacial score (nSPS) is 14.1. The summed E-state index contributed by atoms with van der Waals surface area (Å²) in [5.41, 5.74) is 19.6. The summed E-state index contributed by atoms with van der Waals surface area (Å²) in [6.07, 6.45) is 20.0. The van der Waals surface area contributed by atoms with Gasteiger partial charge in [-0.05, 0) is 202 Å². The first kappa shape index (κ1) is 49.2. The number of nitrogens with zero attached hydrogens (tertiary/aromatic N) is 2. The van der Waals surface area contributed by atoms with E-state index in [9.17, 15) is 0 Å². The molecular weight excluding hydrogens is 949 g/mol. The quantitative estimate of drug-likeness (QED) is 0.0956. The highest BCUT2D eigenvalue weighted by molar-refractivity contribution is 5.81. The van der Waals surface area contributed by atoms with Crippen LogP contribution in [0, 0.1) is 0 Å². The summed E-state index contributed by atoms with van der Waals surface area (Å²) in [4.78, 5) is 4.62. The Morgan fingerprint density at radius 2 is 0.564 bits per heavy atom. The second-order valence-corrected chi connectivity index (χ2v) is 20.0. The van der Waals surface area contributed by atoms with E-state index in [-0.39, 0.29) is 0 Å². The van der Waals surface area contributed by atoms with E-state index in [1.165, 1.54) is 44.5 Å². The minimum atomic E-state index is 0.808. The molecule has 12 rings (SSSR count). The van der Waals surface area contributed by atoms with E-state index in [2.05, 4.69) is 216 Å². The number of para-hydroxylation sites is 2. The summed E-state index contributed by atoms with van der Waals surface area (Å²) in [5, 5.41) is 0. The first-order valence-corrected chi connectivity index (χ1v) is 27.2. The van der Waals surface area contributed by atoms with Crippen molar-refractivity contribution < 1.29 is 9.47 Å². The molecule has 0 radical (unpaired) electrons. The van der Waals surface area contributed by atoms with Crippen molar-refractivity contribution in [3.05, 3.63) is 312 Å². The number of anilines is 4. The van der Waals surface area contributed by atoms with Crippen LogP contribution in [0.3, 0.4) is 0 Å². The molecule has 4 heteroatoms. The van der Waals surface area contributed by atoms with Crippen molar-refractivity contribution in [2.75, 3.05) is 9.80 Å². The molecule has 0 fully saturated rings. The van der Waals surface area contributed by atoms with Gasteiger partial charge in [-0.25, -0.2) is 0 Å². The molecule has 378 valence electrons. The van der Waals surface area contributed by atoms with Gasteiger partial charge in [-0.2, -0.15) is 0 Å². The van der Waals surface area contributed by atoms with Crippen LogP contribution in [0.4, 0.5) is 22.7 Å². The maximum Gasteiger partial charge on any atom is 0.127 e. The van der Waals surface area contributed by atoms with Gasteiger partial charge in [-0.15, -0.1) is 0 Å². The third kappa shape index (κ3) is 11.9. The van der Waals surface area contributed by atoms with Gasteiger partial charge in [0.25, 0.3) is 0 Å². The van der Waals surface area contributed by atoms with Crippen LogP contribution in [-0.2, 0) is 12.8 Å². The van der Waals surface area contributed by atoms with E-state index in [4.69, 9.17) is 9.47 Å². The molecule has 0 aromatic heterocycles. The molecule has 10 aromatic rings. The predicted octanol–water partition coefficient (Wildman–Crippen LogP) is 20.3. The molecule has 0 N–H and O–H groups in total. The standard InChI is InChI=1S/C74H60N2O2/c1-3-19-69(20-4-1)77-71-49-45-67(46-50-71)75(53-63-17-11-15-61-13-7-9-23-73(61)63)65-41-33-57(34-42-65)27-25-55-29-37-59(38-30-55)60-39-31-56(32-40-60)26-28-58-35-43-66(44-36-58)76(54-64-18-12-16-62-14-8-10-24-74(62)64)68-47-51-72(52-48-68)78-70-21-5-2-6-22-70/h1-10,13-14,19-54H,11-12,15-18H2. The highest BCUT2D eigenvalue weighted by Gasteiger charge is 2.19. The molecular formula is C74H60N2O2. The van der Waals surface area contributed by atoms with Gasteiger partial charge in [-0.1, -0.05) is 182 Å². The number of ether oxygens (including phenoxy) is 2. The number of hydrogen-bond acceptors (Lipinski definition) is 4. The fraction of sp³-hybridized carbons (Fsp3) is 0.0811. The topological polar surface area (TPSA) is 24.9 Å². The van der Waals surface area contributed by atoms with Crippen LogP contribution >= 0.6 is 0 Å². The van der Waals surface area contributed by atoms with Crippen molar-refractivity contribution in [1.82, 2.24) is 0 Å². The number of hydrogen-bond donors (Lipinski definition) is 0. The molecule has 0 atom stereocenters. The van der Waals surface area contributed by atoms with Crippen LogP contribution in [0.5, 0.6) is 23.0 Å². The van der Waals surface area contributed by atoms with E-state index >= 15 is 0 Å². The van der Waals surface area contributed by atoms with Gasteiger partial charge in [0.05, 0.1) is 0 Å². The van der Waals surface area contributed by atoms with E-state index in [1.807, 2.05) is 84.9 Å². The van der Waals surface area contributed by atoms with Gasteiger partial charge >= 0.3 is 0 Å². The highest BCUT2D eigenvalue weighted by atomic mass is 16.5. The van der Waals surface area contributed by atoms with Crippen LogP contribution in [0.15, 0.2) is 267 Å². The monoisotopic (exact) mass is 1010 g/mol. The van der Waals surface area contributed by atoms with Crippen molar-refractivity contribution in [2.45, 2.75) is 38.5 Å². The summed E-state index contributed by atoms with van der Waals surface area (Å²) in [6, 6.07) is 89.6. The molecule has 0 bridgehead atoms. The molecule has 0 amide bonds. The van der Waals surface area contributed by atoms with Crippen LogP contribution in [0.25, 0.3) is 46.6 Å². The molecule has 0 saturated carbocycles. The lowest BCUT2D eigenvalue weighted by molar-refractivity contribution is 0.482. The van der Waals surface area contributed by atoms with Gasteiger partial charge in [0.15, 0.2) is 0 Å². The van der Waals surface area contributed by atoms with E-state index in [0.29, 0.717) is 0 Å². The third-order valence-electron chi connectivity index (χ3n) is 14.7. The van der Waals surface area contributed by atoms with Gasteiger partial charge in [0, 0.05) is 35.1 Å². The molecule has 10 aromatic carbocycles.